The maximum absolute atomic E-state index is 12.1. The lowest BCUT2D eigenvalue weighted by atomic mass is 10.0. The first kappa shape index (κ1) is 23.3. The number of carboxylic acid groups (broad SMARTS) is 1. The van der Waals surface area contributed by atoms with E-state index in [1.54, 1.807) is 29.2 Å². The zero-order valence-corrected chi connectivity index (χ0v) is 20.5. The number of hydrogen-bond acceptors (Lipinski definition) is 6. The van der Waals surface area contributed by atoms with Gasteiger partial charge >= 0.3 is 5.97 Å². The third-order valence-corrected chi connectivity index (χ3v) is 6.34. The van der Waals surface area contributed by atoms with Crippen molar-refractivity contribution in [3.8, 4) is 22.6 Å². The Morgan fingerprint density at radius 1 is 1.06 bits per heavy atom. The second-order valence-electron chi connectivity index (χ2n) is 8.20. The molecule has 5 aromatic rings. The van der Waals surface area contributed by atoms with E-state index in [2.05, 4.69) is 15.3 Å². The Hall–Kier alpha value is -4.43. The summed E-state index contributed by atoms with van der Waals surface area (Å²) in [5.41, 5.74) is 5.67. The van der Waals surface area contributed by atoms with Gasteiger partial charge in [0.25, 0.3) is 0 Å². The third kappa shape index (κ3) is 4.01. The first-order chi connectivity index (χ1) is 17.4. The van der Waals surface area contributed by atoms with E-state index >= 15 is 0 Å². The van der Waals surface area contributed by atoms with Crippen LogP contribution in [0.4, 0.5) is 11.5 Å². The van der Waals surface area contributed by atoms with E-state index in [0.29, 0.717) is 44.6 Å². The van der Waals surface area contributed by atoms with Crippen LogP contribution in [0, 0.1) is 13.8 Å². The van der Waals surface area contributed by atoms with Crippen LogP contribution in [-0.2, 0) is 0 Å². The Morgan fingerprint density at radius 3 is 2.58 bits per heavy atom. The molecule has 9 heteroatoms. The van der Waals surface area contributed by atoms with Crippen molar-refractivity contribution in [2.24, 2.45) is 0 Å². The average Bonchev–Trinajstić information content (AvgIpc) is 3.20. The number of hydrogen-bond donors (Lipinski definition) is 2. The molecule has 0 atom stereocenters. The number of carboxylic acids is 1. The van der Waals surface area contributed by atoms with Crippen molar-refractivity contribution in [2.75, 3.05) is 12.4 Å². The van der Waals surface area contributed by atoms with Gasteiger partial charge in [0.1, 0.15) is 17.1 Å². The van der Waals surface area contributed by atoms with Gasteiger partial charge in [0.2, 0.25) is 0 Å². The number of rotatable bonds is 6. The molecule has 0 aliphatic carbocycles. The van der Waals surface area contributed by atoms with E-state index in [1.165, 1.54) is 13.2 Å². The number of aromatic nitrogens is 4. The quantitative estimate of drug-likeness (QED) is 0.286. The Bertz CT molecular complexity index is 1630. The first-order valence-electron chi connectivity index (χ1n) is 11.1. The molecule has 5 rings (SSSR count). The fourth-order valence-electron chi connectivity index (χ4n) is 4.20. The smallest absolute Gasteiger partial charge is 0.337 e. The second-order valence-corrected chi connectivity index (χ2v) is 8.58. The fourth-order valence-corrected chi connectivity index (χ4v) is 4.50. The van der Waals surface area contributed by atoms with Gasteiger partial charge in [-0.1, -0.05) is 35.9 Å². The largest absolute Gasteiger partial charge is 0.497 e. The minimum Gasteiger partial charge on any atom is -0.497 e. The summed E-state index contributed by atoms with van der Waals surface area (Å²) in [4.78, 5) is 20.8. The molecule has 0 bridgehead atoms. The second kappa shape index (κ2) is 9.31. The molecule has 0 unspecified atom stereocenters. The van der Waals surface area contributed by atoms with Gasteiger partial charge < -0.3 is 15.2 Å². The van der Waals surface area contributed by atoms with Crippen molar-refractivity contribution in [1.29, 1.82) is 0 Å². The summed E-state index contributed by atoms with van der Waals surface area (Å²) >= 11 is 6.85. The molecule has 2 heterocycles. The topological polar surface area (TPSA) is 102 Å². The van der Waals surface area contributed by atoms with Crippen LogP contribution in [0.1, 0.15) is 21.6 Å². The molecule has 2 aromatic heterocycles. The molecule has 3 aromatic carbocycles. The van der Waals surface area contributed by atoms with E-state index in [0.717, 1.165) is 16.8 Å². The molecule has 0 amide bonds. The van der Waals surface area contributed by atoms with E-state index < -0.39 is 5.97 Å². The number of carbonyl (C=O) groups is 1. The van der Waals surface area contributed by atoms with E-state index in [4.69, 9.17) is 21.4 Å². The van der Waals surface area contributed by atoms with Crippen LogP contribution in [0.15, 0.2) is 67.0 Å². The zero-order chi connectivity index (χ0) is 25.4. The third-order valence-electron chi connectivity index (χ3n) is 5.96. The molecule has 0 aliphatic heterocycles. The van der Waals surface area contributed by atoms with Crippen molar-refractivity contribution in [3.63, 3.8) is 0 Å². The maximum Gasteiger partial charge on any atom is 0.337 e. The normalized spacial score (nSPS) is 11.0. The molecule has 0 fully saturated rings. The summed E-state index contributed by atoms with van der Waals surface area (Å²) in [6.07, 6.45) is 3.21. The summed E-state index contributed by atoms with van der Waals surface area (Å²) < 4.78 is 7.00. The standard InChI is InChI=1S/C27H22ClN5O3/c1-15-6-4-5-7-22(15)33-26(31-20-10-8-17(36-3)14-19(20)27(34)35)23(16(2)32-33)18-9-11-21-25(24(18)28)30-13-12-29-21/h4-14,31H,1-3H3,(H,34,35). The van der Waals surface area contributed by atoms with Crippen LogP contribution in [0.25, 0.3) is 27.8 Å². The highest BCUT2D eigenvalue weighted by molar-refractivity contribution is 6.38. The SMILES string of the molecule is COc1ccc(Nc2c(-c3ccc4nccnc4c3Cl)c(C)nn2-c2ccccc2C)c(C(=O)O)c1. The van der Waals surface area contributed by atoms with Crippen molar-refractivity contribution in [2.45, 2.75) is 13.8 Å². The molecule has 0 saturated carbocycles. The average molecular weight is 500 g/mol. The van der Waals surface area contributed by atoms with Crippen LogP contribution < -0.4 is 10.1 Å². The molecule has 0 spiro atoms. The fraction of sp³-hybridized carbons (Fsp3) is 0.111. The van der Waals surface area contributed by atoms with Crippen LogP contribution in [0.5, 0.6) is 5.75 Å². The van der Waals surface area contributed by atoms with Gasteiger partial charge in [-0.05, 0) is 49.7 Å². The Morgan fingerprint density at radius 2 is 1.83 bits per heavy atom. The van der Waals surface area contributed by atoms with Gasteiger partial charge in [0, 0.05) is 23.5 Å². The van der Waals surface area contributed by atoms with Gasteiger partial charge in [0.15, 0.2) is 0 Å². The highest BCUT2D eigenvalue weighted by Gasteiger charge is 2.24. The predicted molar refractivity (Wildman–Crippen MR) is 140 cm³/mol. The number of para-hydroxylation sites is 1. The number of aromatic carboxylic acids is 1. The number of aryl methyl sites for hydroxylation is 2. The monoisotopic (exact) mass is 499 g/mol. The number of nitrogens with one attached hydrogen (secondary N) is 1. The lowest BCUT2D eigenvalue weighted by Crippen LogP contribution is -2.08. The molecule has 8 nitrogen and oxygen atoms in total. The highest BCUT2D eigenvalue weighted by atomic mass is 35.5. The van der Waals surface area contributed by atoms with E-state index in [1.807, 2.05) is 50.2 Å². The Kier molecular flexibility index (Phi) is 6.03. The molecule has 0 radical (unpaired) electrons. The van der Waals surface area contributed by atoms with Crippen LogP contribution >= 0.6 is 11.6 Å². The molecule has 36 heavy (non-hydrogen) atoms. The summed E-state index contributed by atoms with van der Waals surface area (Å²) in [7, 11) is 1.49. The van der Waals surface area contributed by atoms with E-state index in [9.17, 15) is 9.90 Å². The van der Waals surface area contributed by atoms with E-state index in [-0.39, 0.29) is 5.56 Å². The number of fused-ring (bicyclic) bond motifs is 1. The zero-order valence-electron chi connectivity index (χ0n) is 19.8. The Labute approximate surface area is 212 Å². The predicted octanol–water partition coefficient (Wildman–Crippen LogP) is 6.20. The van der Waals surface area contributed by atoms with Crippen molar-refractivity contribution in [1.82, 2.24) is 19.7 Å². The number of anilines is 2. The summed E-state index contributed by atoms with van der Waals surface area (Å²) in [5, 5.41) is 18.5. The molecular weight excluding hydrogens is 478 g/mol. The minimum atomic E-state index is -1.09. The van der Waals surface area contributed by atoms with Gasteiger partial charge in [-0.15, -0.1) is 0 Å². The van der Waals surface area contributed by atoms with Gasteiger partial charge in [0.05, 0.1) is 40.3 Å². The summed E-state index contributed by atoms with van der Waals surface area (Å²) in [6.45, 7) is 3.88. The van der Waals surface area contributed by atoms with Crippen LogP contribution in [-0.4, -0.2) is 37.9 Å². The summed E-state index contributed by atoms with van der Waals surface area (Å²) in [5.74, 6) is -0.0758. The van der Waals surface area contributed by atoms with Gasteiger partial charge in [-0.3, -0.25) is 9.97 Å². The summed E-state index contributed by atoms with van der Waals surface area (Å²) in [6, 6.07) is 16.4. The van der Waals surface area contributed by atoms with Gasteiger partial charge in [-0.25, -0.2) is 9.48 Å². The lowest BCUT2D eigenvalue weighted by molar-refractivity contribution is 0.0697. The minimum absolute atomic E-state index is 0.0611. The molecule has 2 N–H and O–H groups in total. The maximum atomic E-state index is 12.1. The van der Waals surface area contributed by atoms with Crippen molar-refractivity contribution in [3.05, 3.63) is 88.8 Å². The first-order valence-corrected chi connectivity index (χ1v) is 11.5. The highest BCUT2D eigenvalue weighted by Crippen LogP contribution is 2.41. The molecule has 0 aliphatic rings. The van der Waals surface area contributed by atoms with Crippen molar-refractivity contribution >= 4 is 40.1 Å². The molecule has 180 valence electrons. The Balaban J connectivity index is 1.78. The number of ether oxygens (including phenoxy) is 1. The number of nitrogens with zero attached hydrogens (tertiary/aromatic N) is 4. The van der Waals surface area contributed by atoms with Crippen LogP contribution in [0.3, 0.4) is 0 Å². The lowest BCUT2D eigenvalue weighted by Gasteiger charge is -2.16. The number of benzene rings is 3. The number of methoxy groups -OCH3 is 1. The number of halogens is 1. The molecular formula is C27H22ClN5O3. The van der Waals surface area contributed by atoms with Crippen LogP contribution in [0.2, 0.25) is 5.02 Å². The molecule has 0 saturated heterocycles. The van der Waals surface area contributed by atoms with Gasteiger partial charge in [-0.2, -0.15) is 5.10 Å². The van der Waals surface area contributed by atoms with Crippen molar-refractivity contribution < 1.29 is 14.6 Å².